The van der Waals surface area contributed by atoms with Crippen molar-refractivity contribution in [2.24, 2.45) is 5.10 Å². The van der Waals surface area contributed by atoms with Gasteiger partial charge >= 0.3 is 5.97 Å². The molecule has 0 aliphatic carbocycles. The van der Waals surface area contributed by atoms with Crippen LogP contribution in [-0.4, -0.2) is 42.4 Å². The molecule has 174 valence electrons. The second-order valence-corrected chi connectivity index (χ2v) is 9.47. The molecular formula is C25H19N5O4S. The molecule has 0 amide bonds. The quantitative estimate of drug-likeness (QED) is 0.297. The lowest BCUT2D eigenvalue weighted by Crippen LogP contribution is -2.06. The van der Waals surface area contributed by atoms with E-state index in [0.717, 1.165) is 0 Å². The second kappa shape index (κ2) is 8.65. The molecular weight excluding hydrogens is 466 g/mol. The summed E-state index contributed by atoms with van der Waals surface area (Å²) in [5.41, 5.74) is 8.86. The number of nitrogens with zero attached hydrogens (tertiary/aromatic N) is 4. The van der Waals surface area contributed by atoms with Crippen LogP contribution in [0.2, 0.25) is 0 Å². The fourth-order valence-corrected chi connectivity index (χ4v) is 5.17. The minimum atomic E-state index is -4.02. The van der Waals surface area contributed by atoms with Gasteiger partial charge in [-0.25, -0.2) is 23.2 Å². The van der Waals surface area contributed by atoms with E-state index in [9.17, 15) is 13.2 Å². The number of aromatic nitrogens is 3. The van der Waals surface area contributed by atoms with Crippen molar-refractivity contribution < 1.29 is 17.9 Å². The summed E-state index contributed by atoms with van der Waals surface area (Å²) in [6, 6.07) is 21.7. The maximum Gasteiger partial charge on any atom is 0.337 e. The smallest absolute Gasteiger partial charge is 0.337 e. The van der Waals surface area contributed by atoms with E-state index in [0.29, 0.717) is 22.2 Å². The molecule has 0 unspecified atom stereocenters. The first-order valence-corrected chi connectivity index (χ1v) is 12.0. The van der Waals surface area contributed by atoms with Gasteiger partial charge in [0, 0.05) is 0 Å². The van der Waals surface area contributed by atoms with Crippen LogP contribution in [0.25, 0.3) is 22.2 Å². The maximum absolute atomic E-state index is 13.6. The zero-order valence-electron chi connectivity index (χ0n) is 18.5. The molecule has 2 aromatic heterocycles. The van der Waals surface area contributed by atoms with Gasteiger partial charge < -0.3 is 10.5 Å². The minimum Gasteiger partial charge on any atom is -0.465 e. The molecule has 10 heteroatoms. The van der Waals surface area contributed by atoms with Crippen LogP contribution in [0.3, 0.4) is 0 Å². The van der Waals surface area contributed by atoms with Crippen LogP contribution in [0.15, 0.2) is 93.8 Å². The molecule has 0 atom stereocenters. The van der Waals surface area contributed by atoms with Gasteiger partial charge in [-0.3, -0.25) is 0 Å². The van der Waals surface area contributed by atoms with Gasteiger partial charge in [-0.15, -0.1) is 0 Å². The third-order valence-electron chi connectivity index (χ3n) is 5.40. The lowest BCUT2D eigenvalue weighted by Gasteiger charge is -2.04. The summed E-state index contributed by atoms with van der Waals surface area (Å²) in [4.78, 5) is 20.8. The van der Waals surface area contributed by atoms with Gasteiger partial charge in [0.15, 0.2) is 5.65 Å². The van der Waals surface area contributed by atoms with Gasteiger partial charge in [-0.1, -0.05) is 42.5 Å². The van der Waals surface area contributed by atoms with Crippen molar-refractivity contribution in [2.75, 3.05) is 12.8 Å². The molecule has 0 saturated carbocycles. The van der Waals surface area contributed by atoms with E-state index in [1.807, 2.05) is 6.07 Å². The van der Waals surface area contributed by atoms with Crippen LogP contribution < -0.4 is 5.73 Å². The van der Waals surface area contributed by atoms with Crippen molar-refractivity contribution in [3.8, 4) is 0 Å². The van der Waals surface area contributed by atoms with E-state index in [-0.39, 0.29) is 26.8 Å². The molecule has 0 radical (unpaired) electrons. The molecule has 5 aromatic rings. The molecule has 0 saturated heterocycles. The van der Waals surface area contributed by atoms with Crippen LogP contribution >= 0.6 is 0 Å². The predicted octanol–water partition coefficient (Wildman–Crippen LogP) is 3.67. The SMILES string of the molecule is COC(=O)c1ccc(C=Nn2c(N)c(S(=O)(=O)c3ccccc3)c3nc4ccccc4nc32)cc1. The topological polar surface area (TPSA) is 130 Å². The van der Waals surface area contributed by atoms with Gasteiger partial charge in [-0.2, -0.15) is 9.78 Å². The number of fused-ring (bicyclic) bond motifs is 2. The predicted molar refractivity (Wildman–Crippen MR) is 132 cm³/mol. The normalized spacial score (nSPS) is 11.9. The molecule has 5 rings (SSSR count). The largest absolute Gasteiger partial charge is 0.465 e. The number of hydrogen-bond acceptors (Lipinski definition) is 8. The minimum absolute atomic E-state index is 0.0862. The van der Waals surface area contributed by atoms with Crippen LogP contribution in [0.4, 0.5) is 5.82 Å². The monoisotopic (exact) mass is 485 g/mol. The Morgan fingerprint density at radius 3 is 2.23 bits per heavy atom. The fourth-order valence-electron chi connectivity index (χ4n) is 3.67. The summed E-state index contributed by atoms with van der Waals surface area (Å²) < 4.78 is 33.1. The van der Waals surface area contributed by atoms with Crippen LogP contribution in [0.1, 0.15) is 15.9 Å². The first-order valence-electron chi connectivity index (χ1n) is 10.5. The number of sulfone groups is 1. The molecule has 0 fully saturated rings. The number of carbonyl (C=O) groups is 1. The number of anilines is 1. The van der Waals surface area contributed by atoms with E-state index >= 15 is 0 Å². The van der Waals surface area contributed by atoms with E-state index < -0.39 is 15.8 Å². The highest BCUT2D eigenvalue weighted by Gasteiger charge is 2.30. The average Bonchev–Trinajstić information content (AvgIpc) is 3.16. The first-order chi connectivity index (χ1) is 16.9. The molecule has 35 heavy (non-hydrogen) atoms. The summed E-state index contributed by atoms with van der Waals surface area (Å²) in [6.45, 7) is 0. The van der Waals surface area contributed by atoms with Gasteiger partial charge in [0.05, 0.1) is 34.8 Å². The molecule has 0 bridgehead atoms. The highest BCUT2D eigenvalue weighted by molar-refractivity contribution is 7.92. The van der Waals surface area contributed by atoms with Crippen LogP contribution in [0.5, 0.6) is 0 Å². The number of ether oxygens (including phenoxy) is 1. The van der Waals surface area contributed by atoms with E-state index in [1.165, 1.54) is 30.1 Å². The number of nitrogen functional groups attached to an aromatic ring is 1. The number of para-hydroxylation sites is 2. The molecule has 2 heterocycles. The Hall–Kier alpha value is -4.57. The van der Waals surface area contributed by atoms with E-state index in [4.69, 9.17) is 10.5 Å². The first kappa shape index (κ1) is 22.2. The van der Waals surface area contributed by atoms with Crippen molar-refractivity contribution in [1.82, 2.24) is 14.6 Å². The maximum atomic E-state index is 13.6. The molecule has 0 spiro atoms. The van der Waals surface area contributed by atoms with Gasteiger partial charge in [0.25, 0.3) is 0 Å². The lowest BCUT2D eigenvalue weighted by molar-refractivity contribution is 0.0600. The van der Waals surface area contributed by atoms with Crippen molar-refractivity contribution in [3.05, 3.63) is 90.0 Å². The number of benzene rings is 3. The third kappa shape index (κ3) is 3.89. The summed E-state index contributed by atoms with van der Waals surface area (Å²) in [5, 5.41) is 4.42. The Bertz CT molecular complexity index is 1710. The average molecular weight is 486 g/mol. The highest BCUT2D eigenvalue weighted by atomic mass is 32.2. The molecule has 0 aliphatic rings. The molecule has 2 N–H and O–H groups in total. The Kier molecular flexibility index (Phi) is 5.50. The number of methoxy groups -OCH3 is 1. The molecule has 3 aromatic carbocycles. The van der Waals surface area contributed by atoms with Crippen LogP contribution in [0, 0.1) is 0 Å². The number of nitrogens with two attached hydrogens (primary N) is 1. The van der Waals surface area contributed by atoms with Gasteiger partial charge in [-0.05, 0) is 42.0 Å². The van der Waals surface area contributed by atoms with Crippen molar-refractivity contribution in [3.63, 3.8) is 0 Å². The fraction of sp³-hybridized carbons (Fsp3) is 0.0400. The number of hydrogen-bond donors (Lipinski definition) is 1. The Morgan fingerprint density at radius 2 is 1.57 bits per heavy atom. The zero-order valence-corrected chi connectivity index (χ0v) is 19.3. The van der Waals surface area contributed by atoms with E-state index in [2.05, 4.69) is 15.1 Å². The Balaban J connectivity index is 1.70. The molecule has 9 nitrogen and oxygen atoms in total. The van der Waals surface area contributed by atoms with Crippen molar-refractivity contribution >= 4 is 50.0 Å². The lowest BCUT2D eigenvalue weighted by atomic mass is 10.1. The summed E-state index contributed by atoms with van der Waals surface area (Å²) in [5.74, 6) is -0.561. The van der Waals surface area contributed by atoms with Crippen LogP contribution in [-0.2, 0) is 14.6 Å². The second-order valence-electron chi connectivity index (χ2n) is 7.59. The third-order valence-corrected chi connectivity index (χ3v) is 7.24. The Morgan fingerprint density at radius 1 is 0.943 bits per heavy atom. The summed E-state index contributed by atoms with van der Waals surface area (Å²) in [6.07, 6.45) is 1.49. The summed E-state index contributed by atoms with van der Waals surface area (Å²) in [7, 11) is -2.71. The number of carbonyl (C=O) groups excluding carboxylic acids is 1. The van der Waals surface area contributed by atoms with Crippen molar-refractivity contribution in [1.29, 1.82) is 0 Å². The Labute approximate surface area is 200 Å². The number of esters is 1. The van der Waals surface area contributed by atoms with Gasteiger partial charge in [0.2, 0.25) is 9.84 Å². The van der Waals surface area contributed by atoms with Crippen molar-refractivity contribution in [2.45, 2.75) is 9.79 Å². The number of rotatable bonds is 5. The zero-order chi connectivity index (χ0) is 24.6. The van der Waals surface area contributed by atoms with Gasteiger partial charge in [0.1, 0.15) is 16.2 Å². The summed E-state index contributed by atoms with van der Waals surface area (Å²) >= 11 is 0. The molecule has 0 aliphatic heterocycles. The van der Waals surface area contributed by atoms with E-state index in [1.54, 1.807) is 60.7 Å². The highest BCUT2D eigenvalue weighted by Crippen LogP contribution is 2.35. The standard InChI is InChI=1S/C25H19N5O4S/c1-34-25(31)17-13-11-16(12-14-17)15-27-30-23(26)22(35(32,33)18-7-3-2-4-8-18)21-24(30)29-20-10-6-5-9-19(20)28-21/h2-15H,26H2,1H3.